The third-order valence-electron chi connectivity index (χ3n) is 9.32. The lowest BCUT2D eigenvalue weighted by molar-refractivity contribution is 0.135. The van der Waals surface area contributed by atoms with Crippen LogP contribution in [0.3, 0.4) is 0 Å². The molecule has 2 heteroatoms. The molecule has 1 rings (SSSR count). The Hall–Kier alpha value is -0.660. The molecule has 1 heterocycles. The predicted molar refractivity (Wildman–Crippen MR) is 182 cm³/mol. The Balaban J connectivity index is 2.14. The van der Waals surface area contributed by atoms with Crippen molar-refractivity contribution in [3.63, 3.8) is 0 Å². The molecule has 0 aromatic rings. The largest absolute Gasteiger partial charge is 0.356 e. The normalized spacial score (nSPS) is 15.1. The minimum atomic E-state index is 0.641. The number of unbranched alkanes of at least 4 members (excludes halogenated alkanes) is 26. The maximum atomic E-state index is 2.70. The van der Waals surface area contributed by atoms with Gasteiger partial charge in [0.05, 0.1) is 0 Å². The van der Waals surface area contributed by atoms with E-state index in [1.54, 1.807) is 0 Å². The maximum Gasteiger partial charge on any atom is 0.101 e. The van der Waals surface area contributed by atoms with Crippen LogP contribution in [0.15, 0.2) is 12.4 Å². The van der Waals surface area contributed by atoms with Crippen molar-refractivity contribution in [3.05, 3.63) is 12.4 Å². The molecule has 0 N–H and O–H groups in total. The van der Waals surface area contributed by atoms with E-state index in [4.69, 9.17) is 0 Å². The molecule has 1 aliphatic heterocycles. The Bertz CT molecular complexity index is 516. The van der Waals surface area contributed by atoms with Crippen molar-refractivity contribution < 1.29 is 0 Å². The first-order valence-electron chi connectivity index (χ1n) is 19.0. The third-order valence-corrected chi connectivity index (χ3v) is 9.32. The molecule has 40 heavy (non-hydrogen) atoms. The van der Waals surface area contributed by atoms with E-state index in [9.17, 15) is 0 Å². The zero-order valence-electron chi connectivity index (χ0n) is 28.3. The van der Waals surface area contributed by atoms with E-state index >= 15 is 0 Å². The second-order valence-corrected chi connectivity index (χ2v) is 13.2. The van der Waals surface area contributed by atoms with E-state index in [0.29, 0.717) is 6.17 Å². The van der Waals surface area contributed by atoms with Gasteiger partial charge in [-0.1, -0.05) is 188 Å². The summed E-state index contributed by atoms with van der Waals surface area (Å²) in [5.41, 5.74) is 0. The number of nitrogens with zero attached hydrogens (tertiary/aromatic N) is 2. The molecular weight excluding hydrogens is 484 g/mol. The number of hydrogen-bond acceptors (Lipinski definition) is 2. The summed E-state index contributed by atoms with van der Waals surface area (Å²) in [5, 5.41) is 0. The number of hydrogen-bond donors (Lipinski definition) is 0. The summed E-state index contributed by atoms with van der Waals surface area (Å²) >= 11 is 0. The molecule has 0 spiro atoms. The van der Waals surface area contributed by atoms with Crippen LogP contribution in [0.4, 0.5) is 0 Å². The first-order valence-corrected chi connectivity index (χ1v) is 19.0. The smallest absolute Gasteiger partial charge is 0.101 e. The topological polar surface area (TPSA) is 6.48 Å². The van der Waals surface area contributed by atoms with Crippen LogP contribution in [0, 0.1) is 0 Å². The van der Waals surface area contributed by atoms with Gasteiger partial charge in [0.2, 0.25) is 0 Å². The minimum Gasteiger partial charge on any atom is -0.356 e. The Morgan fingerprint density at radius 3 is 0.875 bits per heavy atom. The molecule has 238 valence electrons. The van der Waals surface area contributed by atoms with Crippen LogP contribution >= 0.6 is 0 Å². The average molecular weight is 561 g/mol. The Labute approximate surface area is 254 Å². The first kappa shape index (κ1) is 37.4. The summed E-state index contributed by atoms with van der Waals surface area (Å²) in [4.78, 5) is 5.40. The molecular formula is C38H76N2. The molecule has 1 atom stereocenters. The van der Waals surface area contributed by atoms with E-state index in [0.717, 1.165) is 0 Å². The highest BCUT2D eigenvalue weighted by atomic mass is 15.4. The van der Waals surface area contributed by atoms with Gasteiger partial charge in [-0.15, -0.1) is 0 Å². The minimum absolute atomic E-state index is 0.641. The van der Waals surface area contributed by atoms with E-state index in [-0.39, 0.29) is 0 Å². The average Bonchev–Trinajstić information content (AvgIpc) is 3.35. The van der Waals surface area contributed by atoms with Crippen molar-refractivity contribution in [1.82, 2.24) is 9.80 Å². The molecule has 2 nitrogen and oxygen atoms in total. The van der Waals surface area contributed by atoms with E-state index < -0.39 is 0 Å². The summed E-state index contributed by atoms with van der Waals surface area (Å²) in [6, 6.07) is 0. The van der Waals surface area contributed by atoms with Crippen molar-refractivity contribution in [2.75, 3.05) is 13.1 Å². The van der Waals surface area contributed by atoms with E-state index in [1.165, 1.54) is 206 Å². The van der Waals surface area contributed by atoms with E-state index in [2.05, 4.69) is 43.0 Å². The highest BCUT2D eigenvalue weighted by molar-refractivity contribution is 4.97. The zero-order chi connectivity index (χ0) is 28.8. The molecule has 1 unspecified atom stereocenters. The molecule has 0 saturated heterocycles. The standard InChI is InChI=1S/C38H76N2/c1-4-7-10-13-16-17-18-19-20-21-22-23-24-25-27-30-33-38-39(34-31-28-15-12-9-6-3)36-37-40(38)35-32-29-26-14-11-8-5-2/h36-38H,4-35H2,1-3H3. The van der Waals surface area contributed by atoms with Crippen molar-refractivity contribution in [2.45, 2.75) is 220 Å². The van der Waals surface area contributed by atoms with Crippen LogP contribution in [-0.2, 0) is 0 Å². The van der Waals surface area contributed by atoms with Crippen LogP contribution in [0.1, 0.15) is 213 Å². The third kappa shape index (κ3) is 22.0. The van der Waals surface area contributed by atoms with Crippen molar-refractivity contribution in [3.8, 4) is 0 Å². The Morgan fingerprint density at radius 2 is 0.575 bits per heavy atom. The molecule has 0 saturated carbocycles. The van der Waals surface area contributed by atoms with Crippen molar-refractivity contribution >= 4 is 0 Å². The summed E-state index contributed by atoms with van der Waals surface area (Å²) in [5.74, 6) is 0. The van der Waals surface area contributed by atoms with Gasteiger partial charge in [0.15, 0.2) is 0 Å². The molecule has 0 fully saturated rings. The Kier molecular flexibility index (Phi) is 27.9. The molecule has 0 amide bonds. The highest BCUT2D eigenvalue weighted by Crippen LogP contribution is 2.24. The molecule has 0 aromatic heterocycles. The van der Waals surface area contributed by atoms with Crippen molar-refractivity contribution in [1.29, 1.82) is 0 Å². The summed E-state index contributed by atoms with van der Waals surface area (Å²) in [6.45, 7) is 9.47. The number of rotatable bonds is 32. The lowest BCUT2D eigenvalue weighted by Crippen LogP contribution is -2.39. The monoisotopic (exact) mass is 561 g/mol. The SMILES string of the molecule is CCCCCCCCCCCCCCCCCCC1N(CCCCCCCC)C=CN1CCCCCCCCC. The van der Waals surface area contributed by atoms with E-state index in [1.807, 2.05) is 0 Å². The molecule has 0 aromatic carbocycles. The quantitative estimate of drug-likeness (QED) is 0.0755. The van der Waals surface area contributed by atoms with Gasteiger partial charge in [0.25, 0.3) is 0 Å². The fourth-order valence-corrected chi connectivity index (χ4v) is 6.54. The fraction of sp³-hybridized carbons (Fsp3) is 0.947. The van der Waals surface area contributed by atoms with Crippen LogP contribution in [0.5, 0.6) is 0 Å². The highest BCUT2D eigenvalue weighted by Gasteiger charge is 2.24. The molecule has 0 bridgehead atoms. The second-order valence-electron chi connectivity index (χ2n) is 13.2. The summed E-state index contributed by atoms with van der Waals surface area (Å²) in [6.07, 6.45) is 48.5. The lowest BCUT2D eigenvalue weighted by atomic mass is 10.0. The van der Waals surface area contributed by atoms with Crippen LogP contribution in [0.25, 0.3) is 0 Å². The lowest BCUT2D eigenvalue weighted by Gasteiger charge is -2.33. The molecule has 0 aliphatic carbocycles. The van der Waals surface area contributed by atoms with Gasteiger partial charge in [0, 0.05) is 25.5 Å². The maximum absolute atomic E-state index is 2.70. The van der Waals surface area contributed by atoms with Gasteiger partial charge in [0.1, 0.15) is 6.17 Å². The summed E-state index contributed by atoms with van der Waals surface area (Å²) in [7, 11) is 0. The first-order chi connectivity index (χ1) is 19.8. The fourth-order valence-electron chi connectivity index (χ4n) is 6.54. The van der Waals surface area contributed by atoms with Gasteiger partial charge in [-0.2, -0.15) is 0 Å². The van der Waals surface area contributed by atoms with Gasteiger partial charge < -0.3 is 9.80 Å². The van der Waals surface area contributed by atoms with Crippen LogP contribution < -0.4 is 0 Å². The van der Waals surface area contributed by atoms with Gasteiger partial charge >= 0.3 is 0 Å². The van der Waals surface area contributed by atoms with Crippen LogP contribution in [0.2, 0.25) is 0 Å². The predicted octanol–water partition coefficient (Wildman–Crippen LogP) is 13.2. The van der Waals surface area contributed by atoms with Crippen LogP contribution in [-0.4, -0.2) is 29.1 Å². The Morgan fingerprint density at radius 1 is 0.325 bits per heavy atom. The van der Waals surface area contributed by atoms with Gasteiger partial charge in [-0.25, -0.2) is 0 Å². The van der Waals surface area contributed by atoms with Gasteiger partial charge in [-0.05, 0) is 25.7 Å². The van der Waals surface area contributed by atoms with Gasteiger partial charge in [-0.3, -0.25) is 0 Å². The summed E-state index contributed by atoms with van der Waals surface area (Å²) < 4.78 is 0. The molecule has 1 aliphatic rings. The zero-order valence-corrected chi connectivity index (χ0v) is 28.3. The molecule has 0 radical (unpaired) electrons. The van der Waals surface area contributed by atoms with Crippen molar-refractivity contribution in [2.24, 2.45) is 0 Å². The second kappa shape index (κ2) is 29.8.